The maximum Gasteiger partial charge on any atom is 0.157 e. The number of aromatic nitrogens is 5. The Morgan fingerprint density at radius 2 is 2.07 bits per heavy atom. The molecule has 1 unspecified atom stereocenters. The van der Waals surface area contributed by atoms with Crippen molar-refractivity contribution in [1.82, 2.24) is 24.6 Å². The summed E-state index contributed by atoms with van der Waals surface area (Å²) in [6, 6.07) is 13.9. The molecule has 4 heterocycles. The van der Waals surface area contributed by atoms with Gasteiger partial charge < -0.3 is 10.3 Å². The molecule has 6 nitrogen and oxygen atoms in total. The van der Waals surface area contributed by atoms with Gasteiger partial charge in [-0.05, 0) is 37.0 Å². The van der Waals surface area contributed by atoms with Crippen LogP contribution < -0.4 is 5.32 Å². The lowest BCUT2D eigenvalue weighted by molar-refractivity contribution is 0.603. The zero-order valence-electron chi connectivity index (χ0n) is 16.1. The van der Waals surface area contributed by atoms with Crippen molar-refractivity contribution in [1.29, 1.82) is 0 Å². The Bertz CT molecular complexity index is 1390. The molecule has 1 aliphatic carbocycles. The molecule has 0 bridgehead atoms. The Hall–Kier alpha value is -3.74. The maximum atomic E-state index is 13.7. The molecule has 0 saturated heterocycles. The number of rotatable bonds is 3. The van der Waals surface area contributed by atoms with Crippen LogP contribution in [-0.4, -0.2) is 30.6 Å². The maximum absolute atomic E-state index is 13.7. The van der Waals surface area contributed by atoms with E-state index in [0.717, 1.165) is 25.1 Å². The summed E-state index contributed by atoms with van der Waals surface area (Å²) in [7, 11) is 0. The van der Waals surface area contributed by atoms with E-state index < -0.39 is 0 Å². The van der Waals surface area contributed by atoms with E-state index in [0.29, 0.717) is 16.9 Å². The smallest absolute Gasteiger partial charge is 0.157 e. The van der Waals surface area contributed by atoms with Gasteiger partial charge in [-0.1, -0.05) is 18.2 Å². The SMILES string of the molecule is Fc1cncc(-c2cc(NC3CCc4[nH]c5ccccc5c4C3)n3nccc3n2)c1. The van der Waals surface area contributed by atoms with Crippen LogP contribution in [0.25, 0.3) is 27.8 Å². The first-order valence-electron chi connectivity index (χ1n) is 10.1. The zero-order chi connectivity index (χ0) is 20.1. The summed E-state index contributed by atoms with van der Waals surface area (Å²) in [6.07, 6.45) is 7.49. The second-order valence-corrected chi connectivity index (χ2v) is 7.73. The Kier molecular flexibility index (Phi) is 3.80. The highest BCUT2D eigenvalue weighted by atomic mass is 19.1. The van der Waals surface area contributed by atoms with Crippen molar-refractivity contribution < 1.29 is 4.39 Å². The normalized spacial score (nSPS) is 16.1. The molecule has 0 saturated carbocycles. The fourth-order valence-corrected chi connectivity index (χ4v) is 4.42. The van der Waals surface area contributed by atoms with Crippen molar-refractivity contribution in [2.24, 2.45) is 0 Å². The second kappa shape index (κ2) is 6.66. The molecular formula is C23H19FN6. The molecule has 0 radical (unpaired) electrons. The van der Waals surface area contributed by atoms with Crippen LogP contribution >= 0.6 is 0 Å². The van der Waals surface area contributed by atoms with Crippen LogP contribution in [0.5, 0.6) is 0 Å². The molecule has 5 aromatic rings. The number of H-pyrrole nitrogens is 1. The summed E-state index contributed by atoms with van der Waals surface area (Å²) in [4.78, 5) is 12.1. The lowest BCUT2D eigenvalue weighted by Crippen LogP contribution is -2.28. The minimum atomic E-state index is -0.378. The van der Waals surface area contributed by atoms with Crippen LogP contribution in [0.2, 0.25) is 0 Å². The highest BCUT2D eigenvalue weighted by molar-refractivity contribution is 5.85. The van der Waals surface area contributed by atoms with Gasteiger partial charge in [-0.3, -0.25) is 4.98 Å². The van der Waals surface area contributed by atoms with Gasteiger partial charge in [0.1, 0.15) is 11.6 Å². The van der Waals surface area contributed by atoms with Gasteiger partial charge in [0.15, 0.2) is 5.65 Å². The molecule has 30 heavy (non-hydrogen) atoms. The van der Waals surface area contributed by atoms with Gasteiger partial charge in [0.25, 0.3) is 0 Å². The predicted molar refractivity (Wildman–Crippen MR) is 114 cm³/mol. The molecule has 2 N–H and O–H groups in total. The molecule has 148 valence electrons. The number of hydrogen-bond donors (Lipinski definition) is 2. The van der Waals surface area contributed by atoms with Gasteiger partial charge in [-0.25, -0.2) is 9.37 Å². The number of aromatic amines is 1. The van der Waals surface area contributed by atoms with E-state index in [1.807, 2.05) is 12.1 Å². The highest BCUT2D eigenvalue weighted by Gasteiger charge is 2.23. The third-order valence-corrected chi connectivity index (χ3v) is 5.81. The fraction of sp³-hybridized carbons (Fsp3) is 0.174. The summed E-state index contributed by atoms with van der Waals surface area (Å²) in [5.74, 6) is 0.467. The quantitative estimate of drug-likeness (QED) is 0.473. The van der Waals surface area contributed by atoms with Crippen molar-refractivity contribution in [3.63, 3.8) is 0 Å². The molecule has 1 atom stereocenters. The average Bonchev–Trinajstić information content (AvgIpc) is 3.38. The van der Waals surface area contributed by atoms with E-state index in [4.69, 9.17) is 0 Å². The molecule has 1 aliphatic rings. The standard InChI is InChI=1S/C23H19FN6/c24-15-9-14(12-25-13-15)21-11-23(30-22(29-21)7-8-26-30)27-16-5-6-20-18(10-16)17-3-1-2-4-19(17)28-20/h1-4,7-9,11-13,16,27-28H,5-6,10H2. The van der Waals surface area contributed by atoms with E-state index in [1.165, 1.54) is 34.4 Å². The number of anilines is 1. The summed E-state index contributed by atoms with van der Waals surface area (Å²) >= 11 is 0. The zero-order valence-corrected chi connectivity index (χ0v) is 16.1. The van der Waals surface area contributed by atoms with Crippen LogP contribution in [0.1, 0.15) is 17.7 Å². The Morgan fingerprint density at radius 1 is 1.13 bits per heavy atom. The van der Waals surface area contributed by atoms with Gasteiger partial charge in [-0.15, -0.1) is 0 Å². The van der Waals surface area contributed by atoms with E-state index in [2.05, 4.69) is 49.6 Å². The first-order valence-corrected chi connectivity index (χ1v) is 10.1. The third-order valence-electron chi connectivity index (χ3n) is 5.81. The summed E-state index contributed by atoms with van der Waals surface area (Å²) in [5.41, 5.74) is 5.94. The van der Waals surface area contributed by atoms with Gasteiger partial charge >= 0.3 is 0 Å². The molecule has 0 amide bonds. The Labute approximate surface area is 171 Å². The van der Waals surface area contributed by atoms with E-state index >= 15 is 0 Å². The first-order chi connectivity index (χ1) is 14.7. The van der Waals surface area contributed by atoms with Crippen LogP contribution in [0.15, 0.2) is 61.1 Å². The molecular weight excluding hydrogens is 379 g/mol. The molecule has 1 aromatic carbocycles. The second-order valence-electron chi connectivity index (χ2n) is 7.73. The van der Waals surface area contributed by atoms with E-state index in [1.54, 1.807) is 16.9 Å². The van der Waals surface area contributed by atoms with E-state index in [-0.39, 0.29) is 11.9 Å². The first kappa shape index (κ1) is 17.1. The van der Waals surface area contributed by atoms with Crippen LogP contribution in [0, 0.1) is 5.82 Å². The molecule has 0 spiro atoms. The minimum Gasteiger partial charge on any atom is -0.367 e. The number of nitrogens with zero attached hydrogens (tertiary/aromatic N) is 4. The number of nitrogens with one attached hydrogen (secondary N) is 2. The monoisotopic (exact) mass is 398 g/mol. The van der Waals surface area contributed by atoms with Gasteiger partial charge in [-0.2, -0.15) is 9.61 Å². The van der Waals surface area contributed by atoms with Crippen molar-refractivity contribution in [2.75, 3.05) is 5.32 Å². The Balaban J connectivity index is 1.37. The molecule has 7 heteroatoms. The summed E-state index contributed by atoms with van der Waals surface area (Å²) in [6.45, 7) is 0. The topological polar surface area (TPSA) is 70.9 Å². The van der Waals surface area contributed by atoms with E-state index in [9.17, 15) is 4.39 Å². The number of fused-ring (bicyclic) bond motifs is 4. The van der Waals surface area contributed by atoms with Gasteiger partial charge in [0.2, 0.25) is 0 Å². The van der Waals surface area contributed by atoms with Crippen LogP contribution in [0.4, 0.5) is 10.2 Å². The van der Waals surface area contributed by atoms with Gasteiger partial charge in [0, 0.05) is 46.5 Å². The average molecular weight is 398 g/mol. The largest absolute Gasteiger partial charge is 0.367 e. The number of aryl methyl sites for hydroxylation is 1. The number of hydrogen-bond acceptors (Lipinski definition) is 4. The molecule has 0 aliphatic heterocycles. The fourth-order valence-electron chi connectivity index (χ4n) is 4.42. The Morgan fingerprint density at radius 3 is 3.00 bits per heavy atom. The number of para-hydroxylation sites is 1. The lowest BCUT2D eigenvalue weighted by atomic mass is 9.91. The van der Waals surface area contributed by atoms with Crippen molar-refractivity contribution in [3.8, 4) is 11.3 Å². The van der Waals surface area contributed by atoms with Crippen LogP contribution in [0.3, 0.4) is 0 Å². The van der Waals surface area contributed by atoms with Crippen molar-refractivity contribution in [2.45, 2.75) is 25.3 Å². The third kappa shape index (κ3) is 2.82. The van der Waals surface area contributed by atoms with Gasteiger partial charge in [0.05, 0.1) is 18.1 Å². The summed E-state index contributed by atoms with van der Waals surface area (Å²) in [5, 5.41) is 9.37. The summed E-state index contributed by atoms with van der Waals surface area (Å²) < 4.78 is 15.5. The molecule has 4 aromatic heterocycles. The van der Waals surface area contributed by atoms with Crippen LogP contribution in [-0.2, 0) is 12.8 Å². The lowest BCUT2D eigenvalue weighted by Gasteiger charge is -2.25. The highest BCUT2D eigenvalue weighted by Crippen LogP contribution is 2.31. The van der Waals surface area contributed by atoms with Crippen molar-refractivity contribution in [3.05, 3.63) is 78.1 Å². The molecule has 0 fully saturated rings. The number of halogens is 1. The van der Waals surface area contributed by atoms with Crippen molar-refractivity contribution >= 4 is 22.4 Å². The minimum absolute atomic E-state index is 0.269. The molecule has 6 rings (SSSR count). The number of pyridine rings is 1. The number of benzene rings is 1. The predicted octanol–water partition coefficient (Wildman–Crippen LogP) is 4.38.